The van der Waals surface area contributed by atoms with E-state index >= 15 is 0 Å². The van der Waals surface area contributed by atoms with Gasteiger partial charge in [-0.2, -0.15) is 5.10 Å². The number of hydrogen-bond acceptors (Lipinski definition) is 7. The van der Waals surface area contributed by atoms with Crippen molar-refractivity contribution in [2.45, 2.75) is 63.8 Å². The Morgan fingerprint density at radius 3 is 2.08 bits per heavy atom. The Bertz CT molecular complexity index is 1720. The first kappa shape index (κ1) is 38.8. The van der Waals surface area contributed by atoms with E-state index in [0.717, 1.165) is 44.2 Å². The smallest absolute Gasteiger partial charge is 0.330 e. The molecule has 3 aromatic rings. The number of carboxylic acid groups (broad SMARTS) is 1. The van der Waals surface area contributed by atoms with Crippen LogP contribution in [0.15, 0.2) is 42.5 Å². The molecule has 1 heterocycles. The number of methoxy groups -OCH3 is 2. The second-order valence-corrected chi connectivity index (χ2v) is 15.1. The number of hydrogen-bond donors (Lipinski definition) is 2. The van der Waals surface area contributed by atoms with Gasteiger partial charge in [-0.1, -0.05) is 19.9 Å². The van der Waals surface area contributed by atoms with Gasteiger partial charge in [0.1, 0.15) is 17.0 Å². The van der Waals surface area contributed by atoms with Crippen LogP contribution in [0.25, 0.3) is 16.9 Å². The number of nitrogens with one attached hydrogen (secondary N) is 1. The Hall–Kier alpha value is -3.38. The number of benzene rings is 2. The van der Waals surface area contributed by atoms with Gasteiger partial charge >= 0.3 is 5.97 Å². The summed E-state index contributed by atoms with van der Waals surface area (Å²) >= 11 is 0. The summed E-state index contributed by atoms with van der Waals surface area (Å²) in [5.41, 5.74) is 2.04. The number of aromatic nitrogens is 2. The van der Waals surface area contributed by atoms with E-state index in [1.807, 2.05) is 51.5 Å². The van der Waals surface area contributed by atoms with Crippen LogP contribution in [0.5, 0.6) is 11.5 Å². The summed E-state index contributed by atoms with van der Waals surface area (Å²) in [5, 5.41) is 18.7. The molecule has 1 aromatic heterocycles. The first-order valence-corrected chi connectivity index (χ1v) is 17.8. The molecular weight excluding hydrogens is 657 g/mol. The van der Waals surface area contributed by atoms with Crippen LogP contribution in [0, 0.1) is 23.7 Å². The van der Waals surface area contributed by atoms with Crippen LogP contribution in [0.3, 0.4) is 0 Å². The maximum absolute atomic E-state index is 14.3. The zero-order chi connectivity index (χ0) is 35.9. The molecule has 4 aliphatic carbocycles. The molecule has 4 saturated carbocycles. The largest absolute Gasteiger partial charge is 0.496 e. The molecule has 0 spiro atoms. The molecule has 11 nitrogen and oxygen atoms in total. The Labute approximate surface area is 323 Å². The zero-order valence-electron chi connectivity index (χ0n) is 31.4. The van der Waals surface area contributed by atoms with Crippen LogP contribution in [0.1, 0.15) is 84.7 Å². The molecular formula is C39H51N5NaO6. The van der Waals surface area contributed by atoms with Crippen molar-refractivity contribution in [3.8, 4) is 28.4 Å². The van der Waals surface area contributed by atoms with Crippen molar-refractivity contribution >= 4 is 47.3 Å². The molecule has 2 N–H and O–H groups in total. The number of nitrogens with zero attached hydrogens (tertiary/aromatic N) is 4. The standard InChI is InChI=1S/C39H51N5O6.Na/c1-23(2)29-21-26(37(46)43(5)15-9-14-42(3)4)12-13-31(29)44-32(35-33(49-6)10-8-11-34(35)50-7)22-30(41-44)36(45)40-39(38(47)48)27-17-24-16-25(19-27)20-28(39)18-24;/h8,10-13,21-25,27-28H,9,14-20H2,1-7H3,(H,40,45)(H,47,48);. The van der Waals surface area contributed by atoms with Gasteiger partial charge in [0.15, 0.2) is 5.69 Å². The van der Waals surface area contributed by atoms with E-state index in [4.69, 9.17) is 14.6 Å². The van der Waals surface area contributed by atoms with Gasteiger partial charge in [0.25, 0.3) is 11.8 Å². The van der Waals surface area contributed by atoms with Crippen LogP contribution in [0.2, 0.25) is 0 Å². The molecule has 0 saturated heterocycles. The van der Waals surface area contributed by atoms with E-state index in [1.54, 1.807) is 35.9 Å². The summed E-state index contributed by atoms with van der Waals surface area (Å²) in [5.74, 6) is 0.360. The number of aliphatic carboxylic acids is 1. The summed E-state index contributed by atoms with van der Waals surface area (Å²) in [6.07, 6.45) is 5.33. The van der Waals surface area contributed by atoms with Crippen LogP contribution in [0.4, 0.5) is 0 Å². The second-order valence-electron chi connectivity index (χ2n) is 15.1. The molecule has 4 aliphatic rings. The maximum Gasteiger partial charge on any atom is 0.330 e. The summed E-state index contributed by atoms with van der Waals surface area (Å²) < 4.78 is 13.3. The predicted octanol–water partition coefficient (Wildman–Crippen LogP) is 5.33. The van der Waals surface area contributed by atoms with Crippen molar-refractivity contribution in [1.29, 1.82) is 0 Å². The van der Waals surface area contributed by atoms with Crippen LogP contribution in [-0.2, 0) is 4.79 Å². The maximum atomic E-state index is 14.3. The first-order chi connectivity index (χ1) is 23.9. The second kappa shape index (κ2) is 15.7. The molecule has 0 aliphatic heterocycles. The van der Waals surface area contributed by atoms with Gasteiger partial charge in [-0.05, 0) is 131 Å². The molecule has 0 atom stereocenters. The summed E-state index contributed by atoms with van der Waals surface area (Å²) in [4.78, 5) is 44.7. The van der Waals surface area contributed by atoms with E-state index in [0.29, 0.717) is 52.4 Å². The van der Waals surface area contributed by atoms with Crippen molar-refractivity contribution in [1.82, 2.24) is 24.9 Å². The topological polar surface area (TPSA) is 126 Å². The number of rotatable bonds is 13. The minimum absolute atomic E-state index is 0. The van der Waals surface area contributed by atoms with Crippen molar-refractivity contribution < 1.29 is 29.0 Å². The number of carbonyl (C=O) groups is 3. The summed E-state index contributed by atoms with van der Waals surface area (Å²) in [7, 11) is 9.00. The van der Waals surface area contributed by atoms with Gasteiger partial charge < -0.3 is 29.7 Å². The first-order valence-electron chi connectivity index (χ1n) is 17.8. The fourth-order valence-corrected chi connectivity index (χ4v) is 9.03. The van der Waals surface area contributed by atoms with Gasteiger partial charge in [-0.15, -0.1) is 0 Å². The van der Waals surface area contributed by atoms with Crippen LogP contribution >= 0.6 is 0 Å². The fraction of sp³-hybridized carbons (Fsp3) is 0.538. The third-order valence-electron chi connectivity index (χ3n) is 11.3. The molecule has 2 aromatic carbocycles. The van der Waals surface area contributed by atoms with E-state index in [1.165, 1.54) is 6.42 Å². The molecule has 7 rings (SSSR count). The number of ether oxygens (including phenoxy) is 2. The third kappa shape index (κ3) is 7.32. The number of carbonyl (C=O) groups excluding carboxylic acids is 2. The quantitative estimate of drug-likeness (QED) is 0.228. The van der Waals surface area contributed by atoms with Gasteiger partial charge in [0.2, 0.25) is 0 Å². The van der Waals surface area contributed by atoms with Crippen LogP contribution in [-0.4, -0.2) is 126 Å². The molecule has 2 amide bonds. The Morgan fingerprint density at radius 1 is 0.941 bits per heavy atom. The summed E-state index contributed by atoms with van der Waals surface area (Å²) in [6.45, 7) is 5.62. The fourth-order valence-electron chi connectivity index (χ4n) is 9.03. The van der Waals surface area contributed by atoms with Crippen LogP contribution < -0.4 is 14.8 Å². The average molecular weight is 709 g/mol. The van der Waals surface area contributed by atoms with Gasteiger partial charge in [-0.25, -0.2) is 9.48 Å². The Kier molecular flexibility index (Phi) is 12.0. The van der Waals surface area contributed by atoms with Crippen molar-refractivity contribution in [3.05, 3.63) is 59.3 Å². The SMILES string of the molecule is COc1cccc(OC)c1-c1cc(C(=O)NC2(C(=O)O)C3CC4CC(C3)CC2C4)nn1-c1ccc(C(=O)N(C)CCCN(C)C)cc1C(C)C.[Na]. The average Bonchev–Trinajstić information content (AvgIpc) is 3.53. The van der Waals surface area contributed by atoms with Gasteiger partial charge in [-0.3, -0.25) is 9.59 Å². The van der Waals surface area contributed by atoms with E-state index < -0.39 is 17.4 Å². The Balaban J connectivity index is 0.00000504. The van der Waals surface area contributed by atoms with Crippen molar-refractivity contribution in [2.24, 2.45) is 23.7 Å². The molecule has 4 fully saturated rings. The number of amides is 2. The number of carboxylic acids is 1. The minimum atomic E-state index is -1.32. The third-order valence-corrected chi connectivity index (χ3v) is 11.3. The molecule has 51 heavy (non-hydrogen) atoms. The van der Waals surface area contributed by atoms with E-state index in [9.17, 15) is 19.5 Å². The Morgan fingerprint density at radius 2 is 1.55 bits per heavy atom. The molecule has 269 valence electrons. The zero-order valence-corrected chi connectivity index (χ0v) is 33.4. The minimum Gasteiger partial charge on any atom is -0.496 e. The van der Waals surface area contributed by atoms with Gasteiger partial charge in [0, 0.05) is 48.7 Å². The molecule has 0 unspecified atom stereocenters. The molecule has 1 radical (unpaired) electrons. The van der Waals surface area contributed by atoms with Crippen molar-refractivity contribution in [2.75, 3.05) is 48.5 Å². The van der Waals surface area contributed by atoms with E-state index in [-0.39, 0.29) is 58.9 Å². The normalized spacial score (nSPS) is 23.2. The molecule has 4 bridgehead atoms. The van der Waals surface area contributed by atoms with E-state index in [2.05, 4.69) is 24.1 Å². The monoisotopic (exact) mass is 708 g/mol. The summed E-state index contributed by atoms with van der Waals surface area (Å²) in [6, 6.07) is 12.7. The molecule has 12 heteroatoms. The predicted molar refractivity (Wildman–Crippen MR) is 197 cm³/mol. The van der Waals surface area contributed by atoms with Gasteiger partial charge in [0.05, 0.1) is 31.2 Å². The van der Waals surface area contributed by atoms with Crippen molar-refractivity contribution in [3.63, 3.8) is 0 Å².